The van der Waals surface area contributed by atoms with Crippen molar-refractivity contribution in [1.29, 1.82) is 0 Å². The smallest absolute Gasteiger partial charge is 0.366 e. The van der Waals surface area contributed by atoms with Crippen LogP contribution in [0.3, 0.4) is 0 Å². The molecule has 1 aliphatic heterocycles. The van der Waals surface area contributed by atoms with Crippen molar-refractivity contribution in [2.45, 2.75) is 19.2 Å². The Hall–Kier alpha value is -0.290. The molecule has 1 rings (SSSR count). The molecule has 0 aromatic rings. The number of likely N-dealkylation sites (N-methyl/N-ethyl adjacent to an activating group) is 1. The van der Waals surface area contributed by atoms with Gasteiger partial charge in [0.1, 0.15) is 0 Å². The Morgan fingerprint density at radius 1 is 1.50 bits per heavy atom. The van der Waals surface area contributed by atoms with Gasteiger partial charge in [0.25, 0.3) is 0 Å². The maximum Gasteiger partial charge on any atom is 0.415 e. The summed E-state index contributed by atoms with van der Waals surface area (Å²) in [5.41, 5.74) is 0. The molecule has 0 radical (unpaired) electrons. The van der Waals surface area contributed by atoms with E-state index in [1.807, 2.05) is 6.92 Å². The predicted octanol–water partition coefficient (Wildman–Crippen LogP) is 1.27. The van der Waals surface area contributed by atoms with Crippen molar-refractivity contribution in [3.05, 3.63) is 0 Å². The SMILES string of the molecule is CCN1CCOC(C(F)(F)F)C1. The molecule has 1 fully saturated rings. The van der Waals surface area contributed by atoms with E-state index < -0.39 is 12.3 Å². The van der Waals surface area contributed by atoms with Crippen LogP contribution in [0.2, 0.25) is 0 Å². The summed E-state index contributed by atoms with van der Waals surface area (Å²) in [6.45, 7) is 3.25. The van der Waals surface area contributed by atoms with E-state index in [0.717, 1.165) is 0 Å². The van der Waals surface area contributed by atoms with E-state index in [1.54, 1.807) is 4.90 Å². The van der Waals surface area contributed by atoms with Crippen LogP contribution in [0.15, 0.2) is 0 Å². The number of halogens is 3. The lowest BCUT2D eigenvalue weighted by Gasteiger charge is -2.32. The van der Waals surface area contributed by atoms with Gasteiger partial charge in [0, 0.05) is 13.1 Å². The summed E-state index contributed by atoms with van der Waals surface area (Å²) < 4.78 is 40.9. The van der Waals surface area contributed by atoms with Crippen molar-refractivity contribution >= 4 is 0 Å². The highest BCUT2D eigenvalue weighted by Crippen LogP contribution is 2.25. The molecule has 12 heavy (non-hydrogen) atoms. The van der Waals surface area contributed by atoms with Crippen molar-refractivity contribution in [3.63, 3.8) is 0 Å². The molecule has 1 saturated heterocycles. The number of alkyl halides is 3. The molecule has 0 aliphatic carbocycles. The zero-order chi connectivity index (χ0) is 9.19. The van der Waals surface area contributed by atoms with E-state index in [2.05, 4.69) is 4.74 Å². The van der Waals surface area contributed by atoms with Crippen molar-refractivity contribution in [1.82, 2.24) is 4.90 Å². The second kappa shape index (κ2) is 3.62. The number of hydrogen-bond donors (Lipinski definition) is 0. The topological polar surface area (TPSA) is 12.5 Å². The third-order valence-electron chi connectivity index (χ3n) is 1.96. The zero-order valence-corrected chi connectivity index (χ0v) is 6.90. The Kier molecular flexibility index (Phi) is 2.95. The lowest BCUT2D eigenvalue weighted by atomic mass is 10.2. The van der Waals surface area contributed by atoms with E-state index >= 15 is 0 Å². The van der Waals surface area contributed by atoms with Crippen LogP contribution >= 0.6 is 0 Å². The average Bonchev–Trinajstić information content (AvgIpc) is 2.03. The maximum absolute atomic E-state index is 12.1. The van der Waals surface area contributed by atoms with Crippen LogP contribution in [-0.2, 0) is 4.74 Å². The van der Waals surface area contributed by atoms with Gasteiger partial charge >= 0.3 is 6.18 Å². The van der Waals surface area contributed by atoms with E-state index in [4.69, 9.17) is 0 Å². The first-order valence-corrected chi connectivity index (χ1v) is 3.94. The Balaban J connectivity index is 2.46. The first-order valence-electron chi connectivity index (χ1n) is 3.94. The van der Waals surface area contributed by atoms with Gasteiger partial charge in [-0.2, -0.15) is 13.2 Å². The molecule has 72 valence electrons. The standard InChI is InChI=1S/C7H12F3NO/c1-2-11-3-4-12-6(5-11)7(8,9)10/h6H,2-5H2,1H3. The Morgan fingerprint density at radius 2 is 2.17 bits per heavy atom. The Labute approximate surface area is 69.3 Å². The normalized spacial score (nSPS) is 27.5. The fourth-order valence-corrected chi connectivity index (χ4v) is 1.19. The summed E-state index contributed by atoms with van der Waals surface area (Å²) >= 11 is 0. The van der Waals surface area contributed by atoms with Gasteiger partial charge in [-0.25, -0.2) is 0 Å². The molecule has 0 amide bonds. The second-order valence-corrected chi connectivity index (χ2v) is 2.79. The summed E-state index contributed by atoms with van der Waals surface area (Å²) in [7, 11) is 0. The van der Waals surface area contributed by atoms with E-state index in [0.29, 0.717) is 13.1 Å². The highest BCUT2D eigenvalue weighted by Gasteiger charge is 2.42. The zero-order valence-electron chi connectivity index (χ0n) is 6.90. The van der Waals surface area contributed by atoms with Gasteiger partial charge in [0.05, 0.1) is 6.61 Å². The highest BCUT2D eigenvalue weighted by atomic mass is 19.4. The predicted molar refractivity (Wildman–Crippen MR) is 37.9 cm³/mol. The van der Waals surface area contributed by atoms with Crippen molar-refractivity contribution in [2.24, 2.45) is 0 Å². The van der Waals surface area contributed by atoms with Crippen LogP contribution in [0.25, 0.3) is 0 Å². The van der Waals surface area contributed by atoms with Gasteiger partial charge in [0.2, 0.25) is 0 Å². The molecule has 1 atom stereocenters. The highest BCUT2D eigenvalue weighted by molar-refractivity contribution is 4.76. The summed E-state index contributed by atoms with van der Waals surface area (Å²) in [5.74, 6) is 0. The lowest BCUT2D eigenvalue weighted by molar-refractivity contribution is -0.236. The number of ether oxygens (including phenoxy) is 1. The number of rotatable bonds is 1. The molecule has 1 heterocycles. The van der Waals surface area contributed by atoms with Gasteiger partial charge in [-0.15, -0.1) is 0 Å². The molecular formula is C7H12F3NO. The molecule has 0 aromatic heterocycles. The fraction of sp³-hybridized carbons (Fsp3) is 1.00. The van der Waals surface area contributed by atoms with Crippen LogP contribution in [0.1, 0.15) is 6.92 Å². The van der Waals surface area contributed by atoms with Gasteiger partial charge in [0.15, 0.2) is 6.10 Å². The summed E-state index contributed by atoms with van der Waals surface area (Å²) in [5, 5.41) is 0. The lowest BCUT2D eigenvalue weighted by Crippen LogP contribution is -2.48. The van der Waals surface area contributed by atoms with E-state index in [1.165, 1.54) is 0 Å². The molecule has 1 aliphatic rings. The minimum absolute atomic E-state index is 0.0278. The monoisotopic (exact) mass is 183 g/mol. The minimum Gasteiger partial charge on any atom is -0.366 e. The number of nitrogens with zero attached hydrogens (tertiary/aromatic N) is 1. The van der Waals surface area contributed by atoms with Crippen LogP contribution in [0.4, 0.5) is 13.2 Å². The van der Waals surface area contributed by atoms with Gasteiger partial charge < -0.3 is 4.74 Å². The van der Waals surface area contributed by atoms with E-state index in [9.17, 15) is 13.2 Å². The summed E-state index contributed by atoms with van der Waals surface area (Å²) in [6, 6.07) is 0. The maximum atomic E-state index is 12.1. The molecule has 5 heteroatoms. The fourth-order valence-electron chi connectivity index (χ4n) is 1.19. The molecule has 0 bridgehead atoms. The van der Waals surface area contributed by atoms with Gasteiger partial charge in [-0.3, -0.25) is 4.90 Å². The van der Waals surface area contributed by atoms with E-state index in [-0.39, 0.29) is 13.2 Å². The molecule has 1 unspecified atom stereocenters. The minimum atomic E-state index is -4.21. The Bertz CT molecular complexity index is 148. The molecule has 0 spiro atoms. The third kappa shape index (κ3) is 2.35. The second-order valence-electron chi connectivity index (χ2n) is 2.79. The quantitative estimate of drug-likeness (QED) is 0.607. The Morgan fingerprint density at radius 3 is 2.67 bits per heavy atom. The third-order valence-corrected chi connectivity index (χ3v) is 1.96. The number of morpholine rings is 1. The first-order chi connectivity index (χ1) is 5.54. The molecular weight excluding hydrogens is 171 g/mol. The van der Waals surface area contributed by atoms with Crippen molar-refractivity contribution in [2.75, 3.05) is 26.2 Å². The molecule has 0 N–H and O–H groups in total. The van der Waals surface area contributed by atoms with Crippen LogP contribution in [0.5, 0.6) is 0 Å². The number of hydrogen-bond acceptors (Lipinski definition) is 2. The average molecular weight is 183 g/mol. The van der Waals surface area contributed by atoms with Crippen LogP contribution in [0, 0.1) is 0 Å². The van der Waals surface area contributed by atoms with Gasteiger partial charge in [-0.1, -0.05) is 6.92 Å². The molecule has 0 saturated carbocycles. The molecule has 2 nitrogen and oxygen atoms in total. The van der Waals surface area contributed by atoms with Crippen LogP contribution in [-0.4, -0.2) is 43.4 Å². The van der Waals surface area contributed by atoms with Crippen molar-refractivity contribution < 1.29 is 17.9 Å². The summed E-state index contributed by atoms with van der Waals surface area (Å²) in [6.07, 6.45) is -5.81. The summed E-state index contributed by atoms with van der Waals surface area (Å²) in [4.78, 5) is 1.74. The van der Waals surface area contributed by atoms with Gasteiger partial charge in [-0.05, 0) is 6.54 Å². The molecule has 0 aromatic carbocycles. The first kappa shape index (κ1) is 9.80. The van der Waals surface area contributed by atoms with Crippen LogP contribution < -0.4 is 0 Å². The largest absolute Gasteiger partial charge is 0.415 e. The van der Waals surface area contributed by atoms with Crippen molar-refractivity contribution in [3.8, 4) is 0 Å².